The topological polar surface area (TPSA) is 104 Å². The number of fused-ring (bicyclic) bond motifs is 3. The van der Waals surface area contributed by atoms with Gasteiger partial charge in [-0.3, -0.25) is 4.79 Å². The molecule has 4 rings (SSSR count). The summed E-state index contributed by atoms with van der Waals surface area (Å²) in [5.41, 5.74) is 0.906. The average molecular weight is 487 g/mol. The summed E-state index contributed by atoms with van der Waals surface area (Å²) in [5.74, 6) is -0.927. The van der Waals surface area contributed by atoms with Crippen LogP contribution in [0.2, 0.25) is 0 Å². The zero-order valence-corrected chi connectivity index (χ0v) is 21.3. The van der Waals surface area contributed by atoms with Crippen LogP contribution in [0.1, 0.15) is 41.5 Å². The van der Waals surface area contributed by atoms with Gasteiger partial charge >= 0.3 is 13.1 Å². The zero-order valence-electron chi connectivity index (χ0n) is 20.5. The van der Waals surface area contributed by atoms with E-state index in [2.05, 4.69) is 4.72 Å². The molecule has 1 N–H and O–H groups in total. The van der Waals surface area contributed by atoms with Crippen LogP contribution in [0.15, 0.2) is 45.7 Å². The van der Waals surface area contributed by atoms with Crippen LogP contribution < -0.4 is 10.2 Å². The summed E-state index contributed by atoms with van der Waals surface area (Å²) in [6.07, 6.45) is 0. The van der Waals surface area contributed by atoms with Crippen LogP contribution in [0, 0.1) is 5.92 Å². The highest BCUT2D eigenvalue weighted by atomic mass is 32.2. The molecule has 0 radical (unpaired) electrons. The first-order valence-corrected chi connectivity index (χ1v) is 12.7. The molecular formula is C24H30BNO7S. The quantitative estimate of drug-likeness (QED) is 0.420. The van der Waals surface area contributed by atoms with Gasteiger partial charge in [-0.1, -0.05) is 26.0 Å². The Hall–Kier alpha value is -2.40. The second kappa shape index (κ2) is 8.37. The molecule has 182 valence electrons. The van der Waals surface area contributed by atoms with Crippen molar-refractivity contribution in [1.29, 1.82) is 0 Å². The molecule has 1 fully saturated rings. The molecule has 1 aromatic heterocycles. The first-order chi connectivity index (χ1) is 15.8. The number of methoxy groups -OCH3 is 1. The summed E-state index contributed by atoms with van der Waals surface area (Å²) in [4.78, 5) is 12.0. The van der Waals surface area contributed by atoms with Gasteiger partial charge in [-0.2, -0.15) is 4.72 Å². The largest absolute Gasteiger partial charge is 0.494 e. The second-order valence-corrected chi connectivity index (χ2v) is 11.7. The lowest BCUT2D eigenvalue weighted by Crippen LogP contribution is -2.44. The highest BCUT2D eigenvalue weighted by molar-refractivity contribution is 7.89. The van der Waals surface area contributed by atoms with Gasteiger partial charge < -0.3 is 18.5 Å². The molecule has 34 heavy (non-hydrogen) atoms. The van der Waals surface area contributed by atoms with E-state index in [1.54, 1.807) is 19.9 Å². The van der Waals surface area contributed by atoms with E-state index in [0.717, 1.165) is 16.2 Å². The lowest BCUT2D eigenvalue weighted by Gasteiger charge is -2.32. The molecule has 0 amide bonds. The Morgan fingerprint density at radius 3 is 2.09 bits per heavy atom. The minimum atomic E-state index is -3.99. The molecule has 0 saturated carbocycles. The van der Waals surface area contributed by atoms with Crippen molar-refractivity contribution in [3.63, 3.8) is 0 Å². The first kappa shape index (κ1) is 24.7. The van der Waals surface area contributed by atoms with Gasteiger partial charge in [0.25, 0.3) is 0 Å². The van der Waals surface area contributed by atoms with Gasteiger partial charge in [-0.05, 0) is 57.3 Å². The number of furan rings is 1. The molecule has 1 aliphatic rings. The van der Waals surface area contributed by atoms with Gasteiger partial charge in [0, 0.05) is 16.8 Å². The second-order valence-electron chi connectivity index (χ2n) is 9.97. The minimum Gasteiger partial charge on any atom is -0.468 e. The predicted octanol–water partition coefficient (Wildman–Crippen LogP) is 3.36. The Morgan fingerprint density at radius 2 is 1.53 bits per heavy atom. The van der Waals surface area contributed by atoms with Crippen molar-refractivity contribution in [2.75, 3.05) is 7.11 Å². The van der Waals surface area contributed by atoms with Crippen LogP contribution in [0.5, 0.6) is 0 Å². The van der Waals surface area contributed by atoms with E-state index in [1.165, 1.54) is 19.2 Å². The number of nitrogens with one attached hydrogen (secondary N) is 1. The lowest BCUT2D eigenvalue weighted by atomic mass is 9.79. The fraction of sp³-hybridized carbons (Fsp3) is 0.458. The molecule has 1 atom stereocenters. The van der Waals surface area contributed by atoms with Gasteiger partial charge in [-0.25, -0.2) is 8.42 Å². The molecule has 0 spiro atoms. The van der Waals surface area contributed by atoms with Crippen molar-refractivity contribution in [3.8, 4) is 0 Å². The highest BCUT2D eigenvalue weighted by Crippen LogP contribution is 2.37. The molecular weight excluding hydrogens is 457 g/mol. The number of sulfonamides is 1. The van der Waals surface area contributed by atoms with Gasteiger partial charge in [0.05, 0.1) is 23.2 Å². The van der Waals surface area contributed by atoms with Crippen molar-refractivity contribution in [2.45, 2.75) is 63.7 Å². The third-order valence-electron chi connectivity index (χ3n) is 6.71. The number of esters is 1. The van der Waals surface area contributed by atoms with Gasteiger partial charge in [-0.15, -0.1) is 0 Å². The Bertz CT molecular complexity index is 1340. The summed E-state index contributed by atoms with van der Waals surface area (Å²) in [7, 11) is -3.29. The van der Waals surface area contributed by atoms with Crippen molar-refractivity contribution in [3.05, 3.63) is 36.4 Å². The number of hydrogen-bond donors (Lipinski definition) is 1. The molecule has 2 heterocycles. The average Bonchev–Trinajstić information content (AvgIpc) is 3.23. The van der Waals surface area contributed by atoms with Crippen LogP contribution >= 0.6 is 0 Å². The van der Waals surface area contributed by atoms with Gasteiger partial charge in [0.2, 0.25) is 10.0 Å². The SMILES string of the molecule is COC(=O)[C@@H](NS(=O)(=O)c1ccc2c(c1)oc1cc(B3OC(C)(C)C(C)(C)O3)ccc12)C(C)C. The monoisotopic (exact) mass is 487 g/mol. The number of benzene rings is 2. The Kier molecular flexibility index (Phi) is 6.09. The van der Waals surface area contributed by atoms with Crippen LogP contribution in [-0.2, 0) is 28.9 Å². The summed E-state index contributed by atoms with van der Waals surface area (Å²) in [6.45, 7) is 11.5. The number of carbonyl (C=O) groups excluding carboxylic acids is 1. The summed E-state index contributed by atoms with van der Waals surface area (Å²) < 4.78 is 51.4. The van der Waals surface area contributed by atoms with E-state index in [0.29, 0.717) is 11.2 Å². The van der Waals surface area contributed by atoms with Crippen LogP contribution in [0.3, 0.4) is 0 Å². The standard InChI is InChI=1S/C24H30BNO7S/c1-14(2)21(22(27)30-7)26-34(28,29)16-9-11-18-17-10-8-15(12-19(17)31-20(18)13-16)25-32-23(3,4)24(5,6)33-25/h8-14,21,26H,1-7H3/t21-/m0/s1. The molecule has 0 aliphatic carbocycles. The highest BCUT2D eigenvalue weighted by Gasteiger charge is 2.51. The Balaban J connectivity index is 1.68. The molecule has 1 saturated heterocycles. The molecule has 0 bridgehead atoms. The van der Waals surface area contributed by atoms with Crippen molar-refractivity contribution >= 4 is 50.5 Å². The zero-order chi connectivity index (χ0) is 25.1. The molecule has 2 aromatic carbocycles. The number of carbonyl (C=O) groups is 1. The molecule has 8 nitrogen and oxygen atoms in total. The van der Waals surface area contributed by atoms with E-state index >= 15 is 0 Å². The summed E-state index contributed by atoms with van der Waals surface area (Å²) >= 11 is 0. The van der Waals surface area contributed by atoms with Crippen molar-refractivity contribution in [2.24, 2.45) is 5.92 Å². The van der Waals surface area contributed by atoms with E-state index in [9.17, 15) is 13.2 Å². The number of ether oxygens (including phenoxy) is 1. The maximum atomic E-state index is 13.0. The van der Waals surface area contributed by atoms with Crippen LogP contribution in [0.25, 0.3) is 21.9 Å². The summed E-state index contributed by atoms with van der Waals surface area (Å²) in [5, 5.41) is 1.63. The fourth-order valence-electron chi connectivity index (χ4n) is 3.89. The number of rotatable bonds is 6. The third-order valence-corrected chi connectivity index (χ3v) is 8.15. The number of hydrogen-bond acceptors (Lipinski definition) is 7. The molecule has 3 aromatic rings. The minimum absolute atomic E-state index is 0.000193. The van der Waals surface area contributed by atoms with Crippen LogP contribution in [0.4, 0.5) is 0 Å². The van der Waals surface area contributed by atoms with E-state index in [-0.39, 0.29) is 10.8 Å². The normalized spacial score (nSPS) is 18.6. The van der Waals surface area contributed by atoms with Crippen molar-refractivity contribution in [1.82, 2.24) is 4.72 Å². The van der Waals surface area contributed by atoms with E-state index in [4.69, 9.17) is 18.5 Å². The van der Waals surface area contributed by atoms with Gasteiger partial charge in [0.15, 0.2) is 0 Å². The third kappa shape index (κ3) is 4.24. The van der Waals surface area contributed by atoms with E-state index in [1.807, 2.05) is 45.9 Å². The van der Waals surface area contributed by atoms with Crippen molar-refractivity contribution < 1.29 is 31.7 Å². The van der Waals surface area contributed by atoms with Crippen LogP contribution in [-0.4, -0.2) is 45.9 Å². The smallest absolute Gasteiger partial charge is 0.468 e. The predicted molar refractivity (Wildman–Crippen MR) is 130 cm³/mol. The summed E-state index contributed by atoms with van der Waals surface area (Å²) in [6, 6.07) is 9.36. The van der Waals surface area contributed by atoms with Gasteiger partial charge in [0.1, 0.15) is 17.2 Å². The Morgan fingerprint density at radius 1 is 0.971 bits per heavy atom. The molecule has 10 heteroatoms. The first-order valence-electron chi connectivity index (χ1n) is 11.2. The molecule has 1 aliphatic heterocycles. The fourth-order valence-corrected chi connectivity index (χ4v) is 5.23. The maximum Gasteiger partial charge on any atom is 0.494 e. The Labute approximate surface area is 200 Å². The maximum absolute atomic E-state index is 13.0. The lowest BCUT2D eigenvalue weighted by molar-refractivity contribution is -0.143. The van der Waals surface area contributed by atoms with E-state index < -0.39 is 40.4 Å². The molecule has 0 unspecified atom stereocenters.